The summed E-state index contributed by atoms with van der Waals surface area (Å²) in [4.78, 5) is 32.6. The van der Waals surface area contributed by atoms with E-state index in [2.05, 4.69) is 15.3 Å². The fourth-order valence-corrected chi connectivity index (χ4v) is 3.40. The molecule has 0 saturated carbocycles. The fourth-order valence-electron chi connectivity index (χ4n) is 2.46. The molecule has 2 atom stereocenters. The lowest BCUT2D eigenvalue weighted by molar-refractivity contribution is -0.149. The van der Waals surface area contributed by atoms with Crippen LogP contribution in [-0.4, -0.2) is 47.9 Å². The summed E-state index contributed by atoms with van der Waals surface area (Å²) in [5.41, 5.74) is 7.85. The van der Waals surface area contributed by atoms with Gasteiger partial charge in [0.1, 0.15) is 5.60 Å². The number of hydrogen-bond donors (Lipinski definition) is 1. The number of hydrogen-bond acceptors (Lipinski definition) is 7. The van der Waals surface area contributed by atoms with Crippen LogP contribution in [0.3, 0.4) is 0 Å². The molecule has 26 heavy (non-hydrogen) atoms. The van der Waals surface area contributed by atoms with Gasteiger partial charge in [0.2, 0.25) is 0 Å². The van der Waals surface area contributed by atoms with Crippen LogP contribution in [0.4, 0.5) is 4.79 Å². The number of carbonyl (C=O) groups is 2. The van der Waals surface area contributed by atoms with Crippen molar-refractivity contribution in [2.24, 2.45) is 5.11 Å². The molecule has 1 fully saturated rings. The number of carbonyl (C=O) groups excluding carboxylic acids is 2. The average Bonchev–Trinajstić information content (AvgIpc) is 3.09. The summed E-state index contributed by atoms with van der Waals surface area (Å²) in [7, 11) is 0. The van der Waals surface area contributed by atoms with Gasteiger partial charge in [-0.1, -0.05) is 16.7 Å². The van der Waals surface area contributed by atoms with Crippen molar-refractivity contribution < 1.29 is 19.2 Å². The van der Waals surface area contributed by atoms with E-state index in [0.29, 0.717) is 15.6 Å². The summed E-state index contributed by atoms with van der Waals surface area (Å²) in [6, 6.07) is 2.67. The highest BCUT2D eigenvalue weighted by Crippen LogP contribution is 2.24. The van der Waals surface area contributed by atoms with Crippen LogP contribution >= 0.6 is 22.9 Å². The van der Waals surface area contributed by atoms with E-state index < -0.39 is 11.8 Å². The van der Waals surface area contributed by atoms with Crippen molar-refractivity contribution in [2.45, 2.75) is 44.9 Å². The molecule has 9 nitrogen and oxygen atoms in total. The Labute approximate surface area is 159 Å². The number of halogens is 1. The summed E-state index contributed by atoms with van der Waals surface area (Å²) in [6.07, 6.45) is -0.382. The third-order valence-corrected chi connectivity index (χ3v) is 4.66. The van der Waals surface area contributed by atoms with Crippen LogP contribution in [-0.2, 0) is 9.57 Å². The fraction of sp³-hybridized carbons (Fsp3) is 0.600. The van der Waals surface area contributed by atoms with E-state index in [4.69, 9.17) is 26.7 Å². The van der Waals surface area contributed by atoms with Crippen LogP contribution in [0.1, 0.15) is 36.9 Å². The first-order valence-corrected chi connectivity index (χ1v) is 9.12. The molecule has 1 aliphatic rings. The zero-order valence-electron chi connectivity index (χ0n) is 14.6. The number of hydroxylamine groups is 2. The molecule has 1 amide bonds. The van der Waals surface area contributed by atoms with E-state index >= 15 is 0 Å². The van der Waals surface area contributed by atoms with Gasteiger partial charge in [-0.15, -0.1) is 16.4 Å². The van der Waals surface area contributed by atoms with Crippen molar-refractivity contribution in [3.05, 3.63) is 31.8 Å². The standard InChI is InChI=1S/C15H20ClN5O4S/c1-15(2,3)24-14(23)25-21-8-9(6-10(21)7-18-20-17)19-13(22)11-4-5-12(16)26-11/h4-5,9-10H,6-8H2,1-3H3,(H,19,22)/t9-,10+/m1/s1. The van der Waals surface area contributed by atoms with Crippen molar-refractivity contribution in [3.8, 4) is 0 Å². The summed E-state index contributed by atoms with van der Waals surface area (Å²) < 4.78 is 5.66. The van der Waals surface area contributed by atoms with Crippen LogP contribution < -0.4 is 5.32 Å². The van der Waals surface area contributed by atoms with Gasteiger partial charge in [0, 0.05) is 17.5 Å². The molecule has 2 rings (SSSR count). The smallest absolute Gasteiger partial charge is 0.427 e. The van der Waals surface area contributed by atoms with Crippen molar-refractivity contribution in [2.75, 3.05) is 13.1 Å². The molecular weight excluding hydrogens is 382 g/mol. The highest BCUT2D eigenvalue weighted by molar-refractivity contribution is 7.18. The predicted octanol–water partition coefficient (Wildman–Crippen LogP) is 3.75. The third-order valence-electron chi connectivity index (χ3n) is 3.43. The van der Waals surface area contributed by atoms with Gasteiger partial charge in [0.25, 0.3) is 5.91 Å². The molecule has 0 aliphatic carbocycles. The zero-order valence-corrected chi connectivity index (χ0v) is 16.2. The first-order chi connectivity index (χ1) is 12.2. The van der Waals surface area contributed by atoms with E-state index in [1.165, 1.54) is 16.4 Å². The third kappa shape index (κ3) is 6.06. The Hall–Kier alpha value is -2.00. The van der Waals surface area contributed by atoms with Gasteiger partial charge >= 0.3 is 6.16 Å². The number of rotatable bonds is 5. The number of ether oxygens (including phenoxy) is 1. The normalized spacial score (nSPS) is 20.3. The topological polar surface area (TPSA) is 117 Å². The molecule has 1 aromatic rings. The first kappa shape index (κ1) is 20.3. The minimum atomic E-state index is -0.847. The van der Waals surface area contributed by atoms with Gasteiger partial charge in [0.15, 0.2) is 0 Å². The van der Waals surface area contributed by atoms with Crippen LogP contribution in [0.25, 0.3) is 10.4 Å². The lowest BCUT2D eigenvalue weighted by Crippen LogP contribution is -2.39. The van der Waals surface area contributed by atoms with Gasteiger partial charge in [-0.05, 0) is 44.9 Å². The minimum absolute atomic E-state index is 0.108. The van der Waals surface area contributed by atoms with E-state index in [1.54, 1.807) is 32.9 Å². The second-order valence-electron chi connectivity index (χ2n) is 6.73. The Morgan fingerprint density at radius 1 is 1.50 bits per heavy atom. The van der Waals surface area contributed by atoms with Crippen molar-refractivity contribution in [1.29, 1.82) is 0 Å². The van der Waals surface area contributed by atoms with Crippen LogP contribution in [0.2, 0.25) is 4.34 Å². The Morgan fingerprint density at radius 2 is 2.23 bits per heavy atom. The van der Waals surface area contributed by atoms with Crippen LogP contribution in [0.15, 0.2) is 17.2 Å². The van der Waals surface area contributed by atoms with Gasteiger partial charge < -0.3 is 14.9 Å². The summed E-state index contributed by atoms with van der Waals surface area (Å²) in [5, 5.41) is 7.79. The Kier molecular flexibility index (Phi) is 6.71. The number of nitrogens with zero attached hydrogens (tertiary/aromatic N) is 4. The van der Waals surface area contributed by atoms with Crippen LogP contribution in [0, 0.1) is 0 Å². The molecule has 1 aliphatic heterocycles. The highest BCUT2D eigenvalue weighted by Gasteiger charge is 2.36. The van der Waals surface area contributed by atoms with E-state index in [1.807, 2.05) is 0 Å². The van der Waals surface area contributed by atoms with Crippen molar-refractivity contribution in [1.82, 2.24) is 10.4 Å². The second-order valence-corrected chi connectivity index (χ2v) is 8.45. The Bertz CT molecular complexity index is 713. The monoisotopic (exact) mass is 401 g/mol. The lowest BCUT2D eigenvalue weighted by Gasteiger charge is -2.24. The van der Waals surface area contributed by atoms with E-state index in [0.717, 1.165) is 0 Å². The molecule has 142 valence electrons. The van der Waals surface area contributed by atoms with Gasteiger partial charge in [-0.2, -0.15) is 0 Å². The number of thiophene rings is 1. The number of nitrogens with one attached hydrogen (secondary N) is 1. The lowest BCUT2D eigenvalue weighted by atomic mass is 10.1. The molecule has 0 spiro atoms. The van der Waals surface area contributed by atoms with Crippen LogP contribution in [0.5, 0.6) is 0 Å². The maximum atomic E-state index is 12.3. The molecular formula is C15H20ClN5O4S. The SMILES string of the molecule is CC(C)(C)OC(=O)ON1C[C@H](NC(=O)c2ccc(Cl)s2)C[C@H]1CN=[N+]=[N-]. The van der Waals surface area contributed by atoms with Crippen molar-refractivity contribution >= 4 is 35.0 Å². The quantitative estimate of drug-likeness (QED) is 0.349. The maximum Gasteiger partial charge on any atom is 0.528 e. The second kappa shape index (κ2) is 8.59. The zero-order chi connectivity index (χ0) is 19.3. The summed E-state index contributed by atoms with van der Waals surface area (Å²) in [5.74, 6) is -0.256. The molecule has 1 aromatic heterocycles. The maximum absolute atomic E-state index is 12.3. The minimum Gasteiger partial charge on any atom is -0.427 e. The Balaban J connectivity index is 1.99. The van der Waals surface area contributed by atoms with E-state index in [9.17, 15) is 9.59 Å². The summed E-state index contributed by atoms with van der Waals surface area (Å²) >= 11 is 7.03. The van der Waals surface area contributed by atoms with E-state index in [-0.39, 0.29) is 31.1 Å². The molecule has 11 heteroatoms. The molecule has 1 saturated heterocycles. The van der Waals surface area contributed by atoms with Gasteiger partial charge in [0.05, 0.1) is 21.8 Å². The summed E-state index contributed by atoms with van der Waals surface area (Å²) in [6.45, 7) is 5.55. The van der Waals surface area contributed by atoms with Crippen molar-refractivity contribution in [3.63, 3.8) is 0 Å². The number of amides is 1. The Morgan fingerprint density at radius 3 is 2.81 bits per heavy atom. The van der Waals surface area contributed by atoms with Gasteiger partial charge in [-0.25, -0.2) is 4.79 Å². The molecule has 2 heterocycles. The molecule has 1 N–H and O–H groups in total. The highest BCUT2D eigenvalue weighted by atomic mass is 35.5. The molecule has 0 unspecified atom stereocenters. The molecule has 0 radical (unpaired) electrons. The predicted molar refractivity (Wildman–Crippen MR) is 97.0 cm³/mol. The van der Waals surface area contributed by atoms with Gasteiger partial charge in [-0.3, -0.25) is 4.79 Å². The molecule has 0 bridgehead atoms. The largest absolute Gasteiger partial charge is 0.528 e. The number of azide groups is 1. The average molecular weight is 402 g/mol. The first-order valence-electron chi connectivity index (χ1n) is 7.92. The molecule has 0 aromatic carbocycles.